The summed E-state index contributed by atoms with van der Waals surface area (Å²) in [6.07, 6.45) is 0.729. The number of amides is 1. The molecule has 0 unspecified atom stereocenters. The molecule has 0 radical (unpaired) electrons. The van der Waals surface area contributed by atoms with Crippen LogP contribution in [0.25, 0.3) is 0 Å². The number of nitrogen functional groups attached to an aromatic ring is 1. The van der Waals surface area contributed by atoms with E-state index in [1.807, 2.05) is 24.4 Å². The van der Waals surface area contributed by atoms with E-state index in [9.17, 15) is 4.79 Å². The van der Waals surface area contributed by atoms with Crippen molar-refractivity contribution in [3.8, 4) is 0 Å². The molecular formula is C13H16N4OS. The number of nitrogens with zero attached hydrogens (tertiary/aromatic N) is 1. The van der Waals surface area contributed by atoms with Crippen molar-refractivity contribution in [1.82, 2.24) is 10.3 Å². The Kier molecular flexibility index (Phi) is 4.48. The molecule has 100 valence electrons. The number of carbonyl (C=O) groups is 1. The van der Waals surface area contributed by atoms with Crippen LogP contribution in [0.15, 0.2) is 29.1 Å². The van der Waals surface area contributed by atoms with Gasteiger partial charge in [-0.15, -0.1) is 11.3 Å². The fourth-order valence-electron chi connectivity index (χ4n) is 1.74. The molecule has 0 fully saturated rings. The van der Waals surface area contributed by atoms with E-state index in [1.54, 1.807) is 22.9 Å². The number of nitrogens with one attached hydrogen (secondary N) is 2. The second-order valence-corrected chi connectivity index (χ2v) is 4.90. The average Bonchev–Trinajstić information content (AvgIpc) is 2.91. The summed E-state index contributed by atoms with van der Waals surface area (Å²) in [4.78, 5) is 16.2. The average molecular weight is 276 g/mol. The van der Waals surface area contributed by atoms with Crippen LogP contribution >= 0.6 is 11.3 Å². The Morgan fingerprint density at radius 2 is 2.32 bits per heavy atom. The van der Waals surface area contributed by atoms with Crippen molar-refractivity contribution in [3.63, 3.8) is 0 Å². The monoisotopic (exact) mass is 276 g/mol. The quantitative estimate of drug-likeness (QED) is 0.573. The van der Waals surface area contributed by atoms with E-state index in [0.717, 1.165) is 17.7 Å². The zero-order valence-electron chi connectivity index (χ0n) is 10.6. The number of anilines is 1. The zero-order valence-corrected chi connectivity index (χ0v) is 11.5. The highest BCUT2D eigenvalue weighted by molar-refractivity contribution is 7.07. The van der Waals surface area contributed by atoms with Gasteiger partial charge in [-0.05, 0) is 24.6 Å². The molecule has 0 aliphatic heterocycles. The molecule has 0 saturated carbocycles. The van der Waals surface area contributed by atoms with Crippen molar-refractivity contribution in [2.24, 2.45) is 5.84 Å². The van der Waals surface area contributed by atoms with Crippen molar-refractivity contribution in [1.29, 1.82) is 0 Å². The fraction of sp³-hybridized carbons (Fsp3) is 0.231. The van der Waals surface area contributed by atoms with E-state index < -0.39 is 0 Å². The first-order chi connectivity index (χ1) is 9.20. The third kappa shape index (κ3) is 3.52. The normalized spacial score (nSPS) is 10.2. The number of benzene rings is 1. The van der Waals surface area contributed by atoms with Gasteiger partial charge in [-0.3, -0.25) is 10.6 Å². The Morgan fingerprint density at radius 3 is 3.00 bits per heavy atom. The van der Waals surface area contributed by atoms with Gasteiger partial charge < -0.3 is 10.7 Å². The van der Waals surface area contributed by atoms with Crippen LogP contribution in [0.3, 0.4) is 0 Å². The first kappa shape index (κ1) is 13.5. The third-order valence-electron chi connectivity index (χ3n) is 2.73. The molecule has 0 saturated heterocycles. The van der Waals surface area contributed by atoms with E-state index in [-0.39, 0.29) is 5.91 Å². The standard InChI is InChI=1S/C13H16N4OS/c1-9-2-3-11(12(6-9)17-14)13(18)15-5-4-10-7-19-8-16-10/h2-3,6-8,17H,4-5,14H2,1H3,(H,15,18). The van der Waals surface area contributed by atoms with Crippen LogP contribution in [-0.2, 0) is 6.42 Å². The molecule has 0 bridgehead atoms. The summed E-state index contributed by atoms with van der Waals surface area (Å²) >= 11 is 1.55. The lowest BCUT2D eigenvalue weighted by Gasteiger charge is -2.10. The Hall–Kier alpha value is -1.92. The summed E-state index contributed by atoms with van der Waals surface area (Å²) < 4.78 is 0. The zero-order chi connectivity index (χ0) is 13.7. The van der Waals surface area contributed by atoms with Gasteiger partial charge in [-0.2, -0.15) is 0 Å². The minimum absolute atomic E-state index is 0.136. The number of thiazole rings is 1. The van der Waals surface area contributed by atoms with Crippen LogP contribution in [0.5, 0.6) is 0 Å². The number of carbonyl (C=O) groups excluding carboxylic acids is 1. The predicted molar refractivity (Wildman–Crippen MR) is 77.1 cm³/mol. The van der Waals surface area contributed by atoms with E-state index in [4.69, 9.17) is 5.84 Å². The number of hydrazine groups is 1. The molecule has 1 aromatic heterocycles. The number of hydrogen-bond acceptors (Lipinski definition) is 5. The van der Waals surface area contributed by atoms with E-state index in [0.29, 0.717) is 17.8 Å². The van der Waals surface area contributed by atoms with Crippen LogP contribution < -0.4 is 16.6 Å². The molecular weight excluding hydrogens is 260 g/mol. The van der Waals surface area contributed by atoms with Crippen LogP contribution in [0.1, 0.15) is 21.6 Å². The van der Waals surface area contributed by atoms with Crippen molar-refractivity contribution in [3.05, 3.63) is 45.9 Å². The molecule has 0 atom stereocenters. The minimum atomic E-state index is -0.136. The van der Waals surface area contributed by atoms with Gasteiger partial charge in [0.1, 0.15) is 0 Å². The SMILES string of the molecule is Cc1ccc(C(=O)NCCc2cscn2)c(NN)c1. The predicted octanol–water partition coefficient (Wildman–Crippen LogP) is 1.71. The second-order valence-electron chi connectivity index (χ2n) is 4.18. The van der Waals surface area contributed by atoms with Crippen LogP contribution in [-0.4, -0.2) is 17.4 Å². The summed E-state index contributed by atoms with van der Waals surface area (Å²) in [6.45, 7) is 2.51. The molecule has 4 N–H and O–H groups in total. The highest BCUT2D eigenvalue weighted by atomic mass is 32.1. The molecule has 1 amide bonds. The van der Waals surface area contributed by atoms with Gasteiger partial charge in [0.25, 0.3) is 5.91 Å². The number of hydrogen-bond donors (Lipinski definition) is 3. The van der Waals surface area contributed by atoms with Crippen molar-refractivity contribution in [2.45, 2.75) is 13.3 Å². The Labute approximate surface area is 115 Å². The summed E-state index contributed by atoms with van der Waals surface area (Å²) in [7, 11) is 0. The lowest BCUT2D eigenvalue weighted by atomic mass is 10.1. The van der Waals surface area contributed by atoms with Gasteiger partial charge in [0.2, 0.25) is 0 Å². The molecule has 1 aromatic carbocycles. The molecule has 6 heteroatoms. The van der Waals surface area contributed by atoms with Crippen LogP contribution in [0, 0.1) is 6.92 Å². The molecule has 2 rings (SSSR count). The van der Waals surface area contributed by atoms with Gasteiger partial charge >= 0.3 is 0 Å². The summed E-state index contributed by atoms with van der Waals surface area (Å²) in [6, 6.07) is 5.49. The molecule has 19 heavy (non-hydrogen) atoms. The summed E-state index contributed by atoms with van der Waals surface area (Å²) in [5.41, 5.74) is 7.55. The Balaban J connectivity index is 1.96. The molecule has 0 spiro atoms. The van der Waals surface area contributed by atoms with Gasteiger partial charge in [0.05, 0.1) is 22.5 Å². The Bertz CT molecular complexity index is 554. The first-order valence-electron chi connectivity index (χ1n) is 5.93. The molecule has 0 aliphatic carbocycles. The minimum Gasteiger partial charge on any atom is -0.352 e. The summed E-state index contributed by atoms with van der Waals surface area (Å²) in [5.74, 6) is 5.29. The number of nitrogens with two attached hydrogens (primary N) is 1. The lowest BCUT2D eigenvalue weighted by Crippen LogP contribution is -2.27. The maximum Gasteiger partial charge on any atom is 0.253 e. The summed E-state index contributed by atoms with van der Waals surface area (Å²) in [5, 5.41) is 4.84. The highest BCUT2D eigenvalue weighted by Crippen LogP contribution is 2.16. The second kappa shape index (κ2) is 6.31. The molecule has 1 heterocycles. The highest BCUT2D eigenvalue weighted by Gasteiger charge is 2.10. The van der Waals surface area contributed by atoms with Crippen LogP contribution in [0.2, 0.25) is 0 Å². The van der Waals surface area contributed by atoms with E-state index >= 15 is 0 Å². The molecule has 2 aromatic rings. The van der Waals surface area contributed by atoms with E-state index in [1.165, 1.54) is 0 Å². The van der Waals surface area contributed by atoms with Gasteiger partial charge in [0, 0.05) is 18.3 Å². The topological polar surface area (TPSA) is 80.0 Å². The third-order valence-corrected chi connectivity index (χ3v) is 3.36. The van der Waals surface area contributed by atoms with Crippen molar-refractivity contribution >= 4 is 22.9 Å². The molecule has 0 aliphatic rings. The fourth-order valence-corrected chi connectivity index (χ4v) is 2.33. The maximum absolute atomic E-state index is 12.0. The van der Waals surface area contributed by atoms with Gasteiger partial charge in [-0.25, -0.2) is 4.98 Å². The number of rotatable bonds is 5. The van der Waals surface area contributed by atoms with Crippen LogP contribution in [0.4, 0.5) is 5.69 Å². The van der Waals surface area contributed by atoms with Gasteiger partial charge in [-0.1, -0.05) is 6.07 Å². The van der Waals surface area contributed by atoms with E-state index in [2.05, 4.69) is 15.7 Å². The van der Waals surface area contributed by atoms with Gasteiger partial charge in [0.15, 0.2) is 0 Å². The first-order valence-corrected chi connectivity index (χ1v) is 6.87. The largest absolute Gasteiger partial charge is 0.352 e. The van der Waals surface area contributed by atoms with Crippen molar-refractivity contribution in [2.75, 3.05) is 12.0 Å². The number of aromatic nitrogens is 1. The van der Waals surface area contributed by atoms with Crippen molar-refractivity contribution < 1.29 is 4.79 Å². The number of aryl methyl sites for hydroxylation is 1. The smallest absolute Gasteiger partial charge is 0.253 e. The molecule has 5 nitrogen and oxygen atoms in total. The lowest BCUT2D eigenvalue weighted by molar-refractivity contribution is 0.0955. The maximum atomic E-state index is 12.0. The Morgan fingerprint density at radius 1 is 1.47 bits per heavy atom.